The van der Waals surface area contributed by atoms with E-state index in [4.69, 9.17) is 18.9 Å². The van der Waals surface area contributed by atoms with Crippen LogP contribution in [0.4, 0.5) is 0 Å². The molecule has 7 nitrogen and oxygen atoms in total. The number of hydrogen-bond acceptors (Lipinski definition) is 10. The number of thiol groups is 3. The van der Waals surface area contributed by atoms with E-state index in [1.807, 2.05) is 0 Å². The van der Waals surface area contributed by atoms with Crippen LogP contribution in [-0.2, 0) is 33.3 Å². The Hall–Kier alpha value is -0.580. The molecule has 0 bridgehead atoms. The highest BCUT2D eigenvalue weighted by molar-refractivity contribution is 7.80. The molecule has 0 aromatic carbocycles. The van der Waals surface area contributed by atoms with Gasteiger partial charge in [0.25, 0.3) is 0 Å². The molecule has 10 heteroatoms. The highest BCUT2D eigenvalue weighted by Crippen LogP contribution is 2.22. The fourth-order valence-electron chi connectivity index (χ4n) is 1.64. The summed E-state index contributed by atoms with van der Waals surface area (Å²) in [6.45, 7) is 1.33. The van der Waals surface area contributed by atoms with Crippen LogP contribution in [0.15, 0.2) is 0 Å². The third kappa shape index (κ3) is 11.6. The van der Waals surface area contributed by atoms with Gasteiger partial charge in [-0.1, -0.05) is 6.92 Å². The van der Waals surface area contributed by atoms with Crippen LogP contribution in [0.5, 0.6) is 0 Å². The largest absolute Gasteiger partial charge is 0.465 e. The van der Waals surface area contributed by atoms with E-state index in [1.165, 1.54) is 0 Å². The van der Waals surface area contributed by atoms with Crippen molar-refractivity contribution in [3.8, 4) is 0 Å². The topological polar surface area (TPSA) is 88.1 Å². The van der Waals surface area contributed by atoms with Gasteiger partial charge in [0, 0.05) is 17.9 Å². The van der Waals surface area contributed by atoms with Crippen molar-refractivity contribution in [3.63, 3.8) is 0 Å². The first kappa shape index (κ1) is 24.4. The molecule has 0 unspecified atom stereocenters. The van der Waals surface area contributed by atoms with Gasteiger partial charge in [-0.2, -0.15) is 37.9 Å². The molecule has 0 aliphatic rings. The second-order valence-corrected chi connectivity index (χ2v) is 6.41. The van der Waals surface area contributed by atoms with E-state index in [0.29, 0.717) is 11.5 Å². The molecule has 0 N–H and O–H groups in total. The summed E-state index contributed by atoms with van der Waals surface area (Å²) in [5.74, 6) is -0.513. The molecule has 0 amide bonds. The molecule has 0 saturated heterocycles. The molecule has 0 heterocycles. The number of carbonyl (C=O) groups excluding carboxylic acids is 3. The first-order valence-electron chi connectivity index (χ1n) is 7.80. The Labute approximate surface area is 164 Å². The lowest BCUT2D eigenvalue weighted by Crippen LogP contribution is -2.43. The van der Waals surface area contributed by atoms with E-state index in [2.05, 4.69) is 37.9 Å². The maximum atomic E-state index is 11.6. The maximum Gasteiger partial charge on any atom is 0.306 e. The molecule has 25 heavy (non-hydrogen) atoms. The zero-order chi connectivity index (χ0) is 19.1. The number of esters is 3. The van der Waals surface area contributed by atoms with Gasteiger partial charge in [-0.15, -0.1) is 0 Å². The van der Waals surface area contributed by atoms with Crippen molar-refractivity contribution in [2.75, 3.05) is 43.9 Å². The van der Waals surface area contributed by atoms with Gasteiger partial charge >= 0.3 is 17.9 Å². The van der Waals surface area contributed by atoms with Crippen LogP contribution in [0.2, 0.25) is 0 Å². The van der Waals surface area contributed by atoms with E-state index < -0.39 is 23.3 Å². The lowest BCUT2D eigenvalue weighted by atomic mass is 9.92. The molecule has 0 rings (SSSR count). The second kappa shape index (κ2) is 14.6. The van der Waals surface area contributed by atoms with Crippen molar-refractivity contribution >= 4 is 55.8 Å². The molecule has 0 fully saturated rings. The Kier molecular flexibility index (Phi) is 14.2. The normalized spacial score (nSPS) is 11.0. The van der Waals surface area contributed by atoms with Crippen LogP contribution in [-0.4, -0.2) is 61.8 Å². The van der Waals surface area contributed by atoms with Crippen molar-refractivity contribution in [3.05, 3.63) is 0 Å². The highest BCUT2D eigenvalue weighted by Gasteiger charge is 2.36. The minimum Gasteiger partial charge on any atom is -0.465 e. The third-order valence-electron chi connectivity index (χ3n) is 3.04. The third-order valence-corrected chi connectivity index (χ3v) is 3.67. The predicted octanol–water partition coefficient (Wildman–Crippen LogP) is 1.56. The first-order valence-corrected chi connectivity index (χ1v) is 9.70. The highest BCUT2D eigenvalue weighted by atomic mass is 32.1. The summed E-state index contributed by atoms with van der Waals surface area (Å²) in [6.07, 6.45) is 0.476. The van der Waals surface area contributed by atoms with E-state index in [1.54, 1.807) is 6.92 Å². The lowest BCUT2D eigenvalue weighted by Gasteiger charge is -2.31. The molecule has 146 valence electrons. The van der Waals surface area contributed by atoms with Crippen LogP contribution < -0.4 is 0 Å². The summed E-state index contributed by atoms with van der Waals surface area (Å²) in [7, 11) is 0. The standard InChI is InChI=1S/C15H26O7S3/c1-2-12(16)20-8-15(7-19-11-25,9-21-13(17)3-5-23)10-22-14(18)4-6-24/h23-25H,2-11H2,1H3. The van der Waals surface area contributed by atoms with Crippen molar-refractivity contribution in [2.45, 2.75) is 26.2 Å². The fraction of sp³-hybridized carbons (Fsp3) is 0.800. The summed E-state index contributed by atoms with van der Waals surface area (Å²) in [6, 6.07) is 0. The maximum absolute atomic E-state index is 11.6. The number of hydrogen-bond donors (Lipinski definition) is 3. The monoisotopic (exact) mass is 414 g/mol. The number of carbonyl (C=O) groups is 3. The molecule has 0 atom stereocenters. The molecule has 0 aromatic heterocycles. The Balaban J connectivity index is 5.06. The first-order chi connectivity index (χ1) is 11.9. The van der Waals surface area contributed by atoms with Gasteiger partial charge in [-0.25, -0.2) is 0 Å². The van der Waals surface area contributed by atoms with Crippen LogP contribution in [0.25, 0.3) is 0 Å². The molecule has 0 radical (unpaired) electrons. The summed E-state index contributed by atoms with van der Waals surface area (Å²) >= 11 is 11.9. The Bertz CT molecular complexity index is 396. The van der Waals surface area contributed by atoms with Crippen LogP contribution in [0, 0.1) is 5.41 Å². The SMILES string of the molecule is CCC(=O)OCC(COCS)(COC(=O)CCS)COC(=O)CCS. The molecular formula is C15H26O7S3. The van der Waals surface area contributed by atoms with Crippen LogP contribution >= 0.6 is 37.9 Å². The van der Waals surface area contributed by atoms with Crippen LogP contribution in [0.1, 0.15) is 26.2 Å². The average molecular weight is 415 g/mol. The van der Waals surface area contributed by atoms with Gasteiger partial charge in [-0.05, 0) is 0 Å². The van der Waals surface area contributed by atoms with Gasteiger partial charge in [0.15, 0.2) is 0 Å². The molecule has 0 aliphatic heterocycles. The number of rotatable bonds is 14. The fourth-order valence-corrected chi connectivity index (χ4v) is 2.10. The van der Waals surface area contributed by atoms with Gasteiger partial charge in [0.05, 0.1) is 30.8 Å². The van der Waals surface area contributed by atoms with E-state index in [-0.39, 0.29) is 51.6 Å². The summed E-state index contributed by atoms with van der Waals surface area (Å²) in [5, 5.41) is 0. The minimum atomic E-state index is -1.01. The van der Waals surface area contributed by atoms with Crippen molar-refractivity contribution < 1.29 is 33.3 Å². The average Bonchev–Trinajstić information content (AvgIpc) is 2.60. The van der Waals surface area contributed by atoms with Crippen molar-refractivity contribution in [2.24, 2.45) is 5.41 Å². The predicted molar refractivity (Wildman–Crippen MR) is 102 cm³/mol. The quantitative estimate of drug-likeness (QED) is 0.172. The summed E-state index contributed by atoms with van der Waals surface area (Å²) in [4.78, 5) is 34.8. The smallest absolute Gasteiger partial charge is 0.306 e. The molecular weight excluding hydrogens is 388 g/mol. The molecule has 0 saturated carbocycles. The molecule has 0 spiro atoms. The Morgan fingerprint density at radius 3 is 1.56 bits per heavy atom. The molecule has 0 aromatic rings. The second-order valence-electron chi connectivity index (χ2n) is 5.26. The zero-order valence-electron chi connectivity index (χ0n) is 14.3. The van der Waals surface area contributed by atoms with E-state index in [0.717, 1.165) is 0 Å². The van der Waals surface area contributed by atoms with Crippen molar-refractivity contribution in [1.82, 2.24) is 0 Å². The minimum absolute atomic E-state index is 0.0375. The Morgan fingerprint density at radius 1 is 0.760 bits per heavy atom. The van der Waals surface area contributed by atoms with Crippen LogP contribution in [0.3, 0.4) is 0 Å². The van der Waals surface area contributed by atoms with Gasteiger partial charge < -0.3 is 18.9 Å². The Morgan fingerprint density at radius 2 is 1.20 bits per heavy atom. The van der Waals surface area contributed by atoms with Gasteiger partial charge in [0.1, 0.15) is 19.8 Å². The zero-order valence-corrected chi connectivity index (χ0v) is 17.0. The number of ether oxygens (including phenoxy) is 4. The molecule has 0 aliphatic carbocycles. The summed E-state index contributed by atoms with van der Waals surface area (Å²) in [5.41, 5.74) is -1.01. The lowest BCUT2D eigenvalue weighted by molar-refractivity contribution is -0.166. The van der Waals surface area contributed by atoms with Gasteiger partial charge in [-0.3, -0.25) is 14.4 Å². The van der Waals surface area contributed by atoms with Gasteiger partial charge in [0.2, 0.25) is 0 Å². The van der Waals surface area contributed by atoms with Crippen molar-refractivity contribution in [1.29, 1.82) is 0 Å². The van der Waals surface area contributed by atoms with E-state index in [9.17, 15) is 14.4 Å². The summed E-state index contributed by atoms with van der Waals surface area (Å²) < 4.78 is 20.9. The van der Waals surface area contributed by atoms with E-state index >= 15 is 0 Å².